The van der Waals surface area contributed by atoms with Gasteiger partial charge in [0.05, 0.1) is 18.9 Å². The highest BCUT2D eigenvalue weighted by atomic mass is 19.1. The lowest BCUT2D eigenvalue weighted by molar-refractivity contribution is 0.122. The average molecular weight is 427 g/mol. The molecule has 31 heavy (non-hydrogen) atoms. The van der Waals surface area contributed by atoms with Gasteiger partial charge in [-0.15, -0.1) is 0 Å². The first-order valence-electron chi connectivity index (χ1n) is 10.4. The van der Waals surface area contributed by atoms with Gasteiger partial charge in [0.2, 0.25) is 0 Å². The number of ether oxygens (including phenoxy) is 1. The molecule has 2 heterocycles. The van der Waals surface area contributed by atoms with Crippen LogP contribution in [0.2, 0.25) is 0 Å². The smallest absolute Gasteiger partial charge is 0.191 e. The van der Waals surface area contributed by atoms with Crippen LogP contribution in [0.25, 0.3) is 10.9 Å². The van der Waals surface area contributed by atoms with Gasteiger partial charge in [0.25, 0.3) is 0 Å². The Morgan fingerprint density at radius 1 is 1.13 bits per heavy atom. The van der Waals surface area contributed by atoms with E-state index in [1.54, 1.807) is 19.2 Å². The second kappa shape index (κ2) is 9.78. The summed E-state index contributed by atoms with van der Waals surface area (Å²) in [6.07, 6.45) is 2.66. The molecular weight excluding hydrogens is 400 g/mol. The molecular formula is C23H27F2N5O. The number of hydrogen-bond donors (Lipinski definition) is 3. The molecule has 1 fully saturated rings. The molecule has 0 amide bonds. The van der Waals surface area contributed by atoms with Crippen molar-refractivity contribution in [3.05, 3.63) is 65.4 Å². The number of halogens is 2. The Morgan fingerprint density at radius 2 is 1.97 bits per heavy atom. The summed E-state index contributed by atoms with van der Waals surface area (Å²) in [6, 6.07) is 10.1. The number of nitrogens with one attached hydrogen (secondary N) is 3. The largest absolute Gasteiger partial charge is 0.378 e. The van der Waals surface area contributed by atoms with E-state index in [1.807, 2.05) is 23.2 Å². The standard InChI is InChI=1S/C23H27F2N5O/c1-26-23(27-7-6-17-15-28-21-13-18(24)3-4-19(17)21)29-14-16-2-5-22(20(25)12-16)30-8-10-31-11-9-30/h2-5,12-13,15,28H,6-11,14H2,1H3,(H2,26,27,29). The van der Waals surface area contributed by atoms with Crippen LogP contribution >= 0.6 is 0 Å². The number of hydrogen-bond acceptors (Lipinski definition) is 3. The second-order valence-electron chi connectivity index (χ2n) is 7.49. The molecule has 3 N–H and O–H groups in total. The molecule has 1 aliphatic heterocycles. The summed E-state index contributed by atoms with van der Waals surface area (Å²) in [5, 5.41) is 7.50. The molecule has 3 aromatic rings. The van der Waals surface area contributed by atoms with Gasteiger partial charge in [-0.3, -0.25) is 4.99 Å². The van der Waals surface area contributed by atoms with E-state index in [0.29, 0.717) is 51.0 Å². The molecule has 0 saturated carbocycles. The van der Waals surface area contributed by atoms with Crippen molar-refractivity contribution in [3.8, 4) is 0 Å². The first kappa shape index (κ1) is 21.1. The molecule has 164 valence electrons. The van der Waals surface area contributed by atoms with Crippen LogP contribution in [0, 0.1) is 11.6 Å². The van der Waals surface area contributed by atoms with Gasteiger partial charge in [-0.25, -0.2) is 8.78 Å². The highest BCUT2D eigenvalue weighted by Crippen LogP contribution is 2.22. The lowest BCUT2D eigenvalue weighted by Crippen LogP contribution is -2.38. The number of aromatic nitrogens is 1. The van der Waals surface area contributed by atoms with Crippen LogP contribution in [0.1, 0.15) is 11.1 Å². The number of aliphatic imine (C=N–C) groups is 1. The fraction of sp³-hybridized carbons (Fsp3) is 0.348. The zero-order chi connectivity index (χ0) is 21.6. The topological polar surface area (TPSA) is 64.7 Å². The van der Waals surface area contributed by atoms with E-state index in [1.165, 1.54) is 12.1 Å². The maximum atomic E-state index is 14.6. The summed E-state index contributed by atoms with van der Waals surface area (Å²) < 4.78 is 33.2. The van der Waals surface area contributed by atoms with E-state index in [-0.39, 0.29) is 11.6 Å². The first-order valence-corrected chi connectivity index (χ1v) is 10.4. The minimum absolute atomic E-state index is 0.222. The number of morpholine rings is 1. The van der Waals surface area contributed by atoms with Crippen molar-refractivity contribution in [3.63, 3.8) is 0 Å². The van der Waals surface area contributed by atoms with E-state index < -0.39 is 0 Å². The molecule has 8 heteroatoms. The molecule has 0 atom stereocenters. The van der Waals surface area contributed by atoms with E-state index in [4.69, 9.17) is 4.74 Å². The fourth-order valence-corrected chi connectivity index (χ4v) is 3.81. The van der Waals surface area contributed by atoms with Gasteiger partial charge in [0, 0.05) is 50.3 Å². The van der Waals surface area contributed by atoms with Crippen LogP contribution in [0.3, 0.4) is 0 Å². The van der Waals surface area contributed by atoms with Crippen LogP contribution < -0.4 is 15.5 Å². The molecule has 0 bridgehead atoms. The van der Waals surface area contributed by atoms with E-state index in [9.17, 15) is 8.78 Å². The molecule has 6 nitrogen and oxygen atoms in total. The number of guanidine groups is 1. The lowest BCUT2D eigenvalue weighted by Gasteiger charge is -2.29. The van der Waals surface area contributed by atoms with E-state index in [2.05, 4.69) is 20.6 Å². The zero-order valence-corrected chi connectivity index (χ0v) is 17.5. The number of benzene rings is 2. The van der Waals surface area contributed by atoms with Gasteiger partial charge in [-0.1, -0.05) is 6.07 Å². The zero-order valence-electron chi connectivity index (χ0n) is 17.5. The molecule has 4 rings (SSSR count). The van der Waals surface area contributed by atoms with Gasteiger partial charge >= 0.3 is 0 Å². The summed E-state index contributed by atoms with van der Waals surface area (Å²) in [4.78, 5) is 9.34. The molecule has 2 aromatic carbocycles. The van der Waals surface area contributed by atoms with Crippen molar-refractivity contribution in [2.45, 2.75) is 13.0 Å². The van der Waals surface area contributed by atoms with Crippen LogP contribution in [-0.2, 0) is 17.7 Å². The normalized spacial score (nSPS) is 14.8. The highest BCUT2D eigenvalue weighted by molar-refractivity contribution is 5.83. The molecule has 1 aromatic heterocycles. The predicted octanol–water partition coefficient (Wildman–Crippen LogP) is 3.19. The van der Waals surface area contributed by atoms with Crippen LogP contribution in [0.5, 0.6) is 0 Å². The molecule has 0 unspecified atom stereocenters. The molecule has 0 aliphatic carbocycles. The number of anilines is 1. The number of fused-ring (bicyclic) bond motifs is 1. The summed E-state index contributed by atoms with van der Waals surface area (Å²) in [5.41, 5.74) is 3.36. The minimum Gasteiger partial charge on any atom is -0.378 e. The number of rotatable bonds is 6. The second-order valence-corrected chi connectivity index (χ2v) is 7.49. The van der Waals surface area contributed by atoms with Gasteiger partial charge in [-0.05, 0) is 47.9 Å². The Bertz CT molecular complexity index is 1060. The Balaban J connectivity index is 1.28. The van der Waals surface area contributed by atoms with Crippen molar-refractivity contribution in [2.24, 2.45) is 4.99 Å². The summed E-state index contributed by atoms with van der Waals surface area (Å²) in [7, 11) is 1.70. The Hall–Kier alpha value is -3.13. The Labute approximate surface area is 180 Å². The van der Waals surface area contributed by atoms with Gasteiger partial charge < -0.3 is 25.3 Å². The summed E-state index contributed by atoms with van der Waals surface area (Å²) in [5.74, 6) is 0.168. The van der Waals surface area contributed by atoms with Gasteiger partial charge in [0.1, 0.15) is 11.6 Å². The van der Waals surface area contributed by atoms with Crippen molar-refractivity contribution in [1.82, 2.24) is 15.6 Å². The van der Waals surface area contributed by atoms with Crippen molar-refractivity contribution in [1.29, 1.82) is 0 Å². The fourth-order valence-electron chi connectivity index (χ4n) is 3.81. The highest BCUT2D eigenvalue weighted by Gasteiger charge is 2.15. The SMILES string of the molecule is CN=C(NCCc1c[nH]c2cc(F)ccc12)NCc1ccc(N2CCOCC2)c(F)c1. The van der Waals surface area contributed by atoms with E-state index >= 15 is 0 Å². The van der Waals surface area contributed by atoms with Crippen molar-refractivity contribution < 1.29 is 13.5 Å². The maximum absolute atomic E-state index is 14.6. The number of nitrogens with zero attached hydrogens (tertiary/aromatic N) is 2. The van der Waals surface area contributed by atoms with Crippen molar-refractivity contribution >= 4 is 22.5 Å². The third-order valence-corrected chi connectivity index (χ3v) is 5.46. The average Bonchev–Trinajstić information content (AvgIpc) is 3.18. The maximum Gasteiger partial charge on any atom is 0.191 e. The lowest BCUT2D eigenvalue weighted by atomic mass is 10.1. The number of aromatic amines is 1. The number of H-pyrrole nitrogens is 1. The molecule has 0 radical (unpaired) electrons. The Morgan fingerprint density at radius 3 is 2.74 bits per heavy atom. The molecule has 1 saturated heterocycles. The summed E-state index contributed by atoms with van der Waals surface area (Å²) >= 11 is 0. The van der Waals surface area contributed by atoms with Gasteiger partial charge in [0.15, 0.2) is 5.96 Å². The third kappa shape index (κ3) is 5.14. The molecule has 0 spiro atoms. The monoisotopic (exact) mass is 427 g/mol. The minimum atomic E-state index is -0.252. The quantitative estimate of drug-likeness (QED) is 0.418. The first-order chi connectivity index (χ1) is 15.1. The Kier molecular flexibility index (Phi) is 6.66. The van der Waals surface area contributed by atoms with Crippen LogP contribution in [0.4, 0.5) is 14.5 Å². The van der Waals surface area contributed by atoms with Crippen LogP contribution in [0.15, 0.2) is 47.6 Å². The predicted molar refractivity (Wildman–Crippen MR) is 120 cm³/mol. The van der Waals surface area contributed by atoms with Crippen molar-refractivity contribution in [2.75, 3.05) is 44.8 Å². The molecule has 1 aliphatic rings. The van der Waals surface area contributed by atoms with E-state index in [0.717, 1.165) is 28.5 Å². The van der Waals surface area contributed by atoms with Gasteiger partial charge in [-0.2, -0.15) is 0 Å². The van der Waals surface area contributed by atoms with Crippen LogP contribution in [-0.4, -0.2) is 50.8 Å². The summed E-state index contributed by atoms with van der Waals surface area (Å²) in [6.45, 7) is 3.79. The third-order valence-electron chi connectivity index (χ3n) is 5.46.